The Kier molecular flexibility index (Phi) is 5.19. The summed E-state index contributed by atoms with van der Waals surface area (Å²) in [6, 6.07) is 9.70. The summed E-state index contributed by atoms with van der Waals surface area (Å²) >= 11 is 0. The number of hydrogen-bond acceptors (Lipinski definition) is 4. The number of anilines is 1. The smallest absolute Gasteiger partial charge is 0.274 e. The second-order valence-corrected chi connectivity index (χ2v) is 9.60. The molecule has 2 atom stereocenters. The number of aromatic nitrogens is 2. The van der Waals surface area contributed by atoms with Crippen LogP contribution in [0.15, 0.2) is 41.3 Å². The standard InChI is InChI=1S/C23H30N4O2/c1-23(2,3)11-21(28)26-13-16-10-17(15-26)20-8-7-19(22(29)27(20)14-16)25-12-18-6-4-5-9-24-18/h4-9,16-17,25H,10-15H2,1-3H3. The zero-order valence-electron chi connectivity index (χ0n) is 17.5. The third kappa shape index (κ3) is 4.36. The molecule has 2 bridgehead atoms. The van der Waals surface area contributed by atoms with Crippen molar-refractivity contribution in [3.63, 3.8) is 0 Å². The van der Waals surface area contributed by atoms with Crippen LogP contribution in [0.1, 0.15) is 50.9 Å². The summed E-state index contributed by atoms with van der Waals surface area (Å²) in [5.41, 5.74) is 2.59. The Labute approximate surface area is 172 Å². The van der Waals surface area contributed by atoms with Gasteiger partial charge in [0.15, 0.2) is 0 Å². The van der Waals surface area contributed by atoms with Gasteiger partial charge in [0.2, 0.25) is 5.91 Å². The van der Waals surface area contributed by atoms with Gasteiger partial charge in [0.25, 0.3) is 5.56 Å². The molecule has 4 heterocycles. The van der Waals surface area contributed by atoms with E-state index in [0.29, 0.717) is 37.7 Å². The van der Waals surface area contributed by atoms with Crippen molar-refractivity contribution < 1.29 is 4.79 Å². The minimum absolute atomic E-state index is 0.00727. The highest BCUT2D eigenvalue weighted by molar-refractivity contribution is 5.77. The molecule has 1 saturated heterocycles. The molecule has 2 aliphatic heterocycles. The van der Waals surface area contributed by atoms with Crippen LogP contribution in [0, 0.1) is 11.3 Å². The fourth-order valence-electron chi connectivity index (χ4n) is 4.54. The number of piperidine rings is 1. The summed E-state index contributed by atoms with van der Waals surface area (Å²) in [6.45, 7) is 8.98. The molecule has 2 unspecified atom stereocenters. The lowest BCUT2D eigenvalue weighted by Gasteiger charge is -2.43. The van der Waals surface area contributed by atoms with Crippen molar-refractivity contribution in [1.82, 2.24) is 14.5 Å². The van der Waals surface area contributed by atoms with Gasteiger partial charge in [-0.05, 0) is 42.0 Å². The predicted octanol–water partition coefficient (Wildman–Crippen LogP) is 3.24. The topological polar surface area (TPSA) is 67.2 Å². The van der Waals surface area contributed by atoms with E-state index < -0.39 is 0 Å². The lowest BCUT2D eigenvalue weighted by molar-refractivity contribution is -0.135. The first-order chi connectivity index (χ1) is 13.8. The summed E-state index contributed by atoms with van der Waals surface area (Å²) in [7, 11) is 0. The highest BCUT2D eigenvalue weighted by Crippen LogP contribution is 2.36. The molecule has 0 aliphatic carbocycles. The molecule has 1 amide bonds. The highest BCUT2D eigenvalue weighted by Gasteiger charge is 2.37. The van der Waals surface area contributed by atoms with Gasteiger partial charge < -0.3 is 14.8 Å². The van der Waals surface area contributed by atoms with Gasteiger partial charge in [0, 0.05) is 43.9 Å². The second-order valence-electron chi connectivity index (χ2n) is 9.60. The summed E-state index contributed by atoms with van der Waals surface area (Å²) in [4.78, 5) is 32.1. The highest BCUT2D eigenvalue weighted by atomic mass is 16.2. The number of nitrogens with one attached hydrogen (secondary N) is 1. The second kappa shape index (κ2) is 7.65. The van der Waals surface area contributed by atoms with E-state index in [2.05, 4.69) is 37.1 Å². The molecule has 6 heteroatoms. The maximum absolute atomic E-state index is 13.1. The normalized spacial score (nSPS) is 20.9. The first-order valence-corrected chi connectivity index (χ1v) is 10.5. The minimum Gasteiger partial charge on any atom is -0.375 e. The van der Waals surface area contributed by atoms with Crippen LogP contribution in [0.5, 0.6) is 0 Å². The SMILES string of the molecule is CC(C)(C)CC(=O)N1CC2CC(C1)c1ccc(NCc3ccccn3)c(=O)n1C2. The van der Waals surface area contributed by atoms with Gasteiger partial charge >= 0.3 is 0 Å². The largest absolute Gasteiger partial charge is 0.375 e. The van der Waals surface area contributed by atoms with Crippen LogP contribution in [-0.4, -0.2) is 33.4 Å². The first-order valence-electron chi connectivity index (χ1n) is 10.5. The monoisotopic (exact) mass is 394 g/mol. The number of hydrogen-bond donors (Lipinski definition) is 1. The van der Waals surface area contributed by atoms with E-state index in [1.54, 1.807) is 6.20 Å². The van der Waals surface area contributed by atoms with E-state index in [-0.39, 0.29) is 22.8 Å². The van der Waals surface area contributed by atoms with Gasteiger partial charge in [-0.25, -0.2) is 0 Å². The van der Waals surface area contributed by atoms with Gasteiger partial charge in [0.1, 0.15) is 5.69 Å². The average molecular weight is 395 g/mol. The van der Waals surface area contributed by atoms with Crippen molar-refractivity contribution in [1.29, 1.82) is 0 Å². The molecule has 1 fully saturated rings. The Balaban J connectivity index is 1.51. The number of likely N-dealkylation sites (tertiary alicyclic amines) is 1. The Bertz CT molecular complexity index is 946. The van der Waals surface area contributed by atoms with Crippen LogP contribution in [-0.2, 0) is 17.9 Å². The Hall–Kier alpha value is -2.63. The van der Waals surface area contributed by atoms with Crippen molar-refractivity contribution in [2.75, 3.05) is 18.4 Å². The zero-order chi connectivity index (χ0) is 20.6. The Morgan fingerprint density at radius 2 is 2.00 bits per heavy atom. The van der Waals surface area contributed by atoms with Crippen LogP contribution < -0.4 is 10.9 Å². The number of nitrogens with zero attached hydrogens (tertiary/aromatic N) is 3. The van der Waals surface area contributed by atoms with Gasteiger partial charge in [-0.1, -0.05) is 26.8 Å². The van der Waals surface area contributed by atoms with Crippen molar-refractivity contribution in [3.05, 3.63) is 58.3 Å². The van der Waals surface area contributed by atoms with Crippen LogP contribution in [0.25, 0.3) is 0 Å². The van der Waals surface area contributed by atoms with Crippen LogP contribution in [0.4, 0.5) is 5.69 Å². The molecule has 4 rings (SSSR count). The number of amides is 1. The molecular formula is C23H30N4O2. The molecule has 0 aromatic carbocycles. The van der Waals surface area contributed by atoms with E-state index in [1.807, 2.05) is 33.7 Å². The number of carbonyl (C=O) groups excluding carboxylic acids is 1. The average Bonchev–Trinajstić information content (AvgIpc) is 2.67. The predicted molar refractivity (Wildman–Crippen MR) is 114 cm³/mol. The van der Waals surface area contributed by atoms with Crippen LogP contribution in [0.3, 0.4) is 0 Å². The van der Waals surface area contributed by atoms with E-state index in [9.17, 15) is 9.59 Å². The summed E-state index contributed by atoms with van der Waals surface area (Å²) in [5.74, 6) is 0.814. The molecule has 2 aromatic rings. The maximum Gasteiger partial charge on any atom is 0.274 e. The van der Waals surface area contributed by atoms with E-state index in [1.165, 1.54) is 0 Å². The lowest BCUT2D eigenvalue weighted by Crippen LogP contribution is -2.49. The van der Waals surface area contributed by atoms with Gasteiger partial charge in [-0.2, -0.15) is 0 Å². The molecular weight excluding hydrogens is 364 g/mol. The number of carbonyl (C=O) groups is 1. The molecule has 6 nitrogen and oxygen atoms in total. The summed E-state index contributed by atoms with van der Waals surface area (Å²) in [5, 5.41) is 3.24. The third-order valence-electron chi connectivity index (χ3n) is 5.82. The molecule has 2 aromatic heterocycles. The van der Waals surface area contributed by atoms with Crippen molar-refractivity contribution in [3.8, 4) is 0 Å². The zero-order valence-corrected chi connectivity index (χ0v) is 17.5. The molecule has 0 radical (unpaired) electrons. The molecule has 0 saturated carbocycles. The number of rotatable bonds is 4. The summed E-state index contributed by atoms with van der Waals surface area (Å²) < 4.78 is 1.92. The van der Waals surface area contributed by atoms with E-state index in [4.69, 9.17) is 0 Å². The van der Waals surface area contributed by atoms with Gasteiger partial charge in [0.05, 0.1) is 12.2 Å². The van der Waals surface area contributed by atoms with Crippen LogP contribution >= 0.6 is 0 Å². The third-order valence-corrected chi connectivity index (χ3v) is 5.82. The van der Waals surface area contributed by atoms with Crippen molar-refractivity contribution in [2.45, 2.75) is 52.6 Å². The first kappa shape index (κ1) is 19.7. The quantitative estimate of drug-likeness (QED) is 0.865. The number of pyridine rings is 2. The van der Waals surface area contributed by atoms with Crippen molar-refractivity contribution in [2.24, 2.45) is 11.3 Å². The van der Waals surface area contributed by atoms with E-state index in [0.717, 1.165) is 24.4 Å². The lowest BCUT2D eigenvalue weighted by atomic mass is 9.82. The van der Waals surface area contributed by atoms with E-state index >= 15 is 0 Å². The molecule has 1 N–H and O–H groups in total. The number of fused-ring (bicyclic) bond motifs is 4. The fourth-order valence-corrected chi connectivity index (χ4v) is 4.54. The molecule has 154 valence electrons. The van der Waals surface area contributed by atoms with Gasteiger partial charge in [-0.3, -0.25) is 14.6 Å². The van der Waals surface area contributed by atoms with Gasteiger partial charge in [-0.15, -0.1) is 0 Å². The fraction of sp³-hybridized carbons (Fsp3) is 0.522. The molecule has 0 spiro atoms. The maximum atomic E-state index is 13.1. The molecule has 2 aliphatic rings. The Morgan fingerprint density at radius 3 is 2.72 bits per heavy atom. The minimum atomic E-state index is -0.00727. The molecule has 29 heavy (non-hydrogen) atoms. The van der Waals surface area contributed by atoms with Crippen LogP contribution in [0.2, 0.25) is 0 Å². The van der Waals surface area contributed by atoms with Crippen molar-refractivity contribution >= 4 is 11.6 Å². The summed E-state index contributed by atoms with van der Waals surface area (Å²) in [6.07, 6.45) is 3.37. The Morgan fingerprint density at radius 1 is 1.17 bits per heavy atom.